The van der Waals surface area contributed by atoms with E-state index in [0.717, 1.165) is 50.2 Å². The number of nitrogens with zero attached hydrogens (tertiary/aromatic N) is 3. The molecule has 2 fully saturated rings. The van der Waals surface area contributed by atoms with Crippen LogP contribution in [0.2, 0.25) is 0 Å². The molecule has 4 rings (SSSR count). The summed E-state index contributed by atoms with van der Waals surface area (Å²) < 4.78 is 23.3. The predicted molar refractivity (Wildman–Crippen MR) is 129 cm³/mol. The Morgan fingerprint density at radius 3 is 1.94 bits per heavy atom. The topological polar surface area (TPSA) is 108 Å². The Kier molecular flexibility index (Phi) is 11.5. The number of rotatable bonds is 3. The van der Waals surface area contributed by atoms with Gasteiger partial charge in [-0.1, -0.05) is 0 Å². The smallest absolute Gasteiger partial charge is 0.283 e. The molecule has 2 aromatic rings. The van der Waals surface area contributed by atoms with Crippen molar-refractivity contribution in [3.8, 4) is 0 Å². The third-order valence-corrected chi connectivity index (χ3v) is 5.81. The Bertz CT molecular complexity index is 929. The van der Waals surface area contributed by atoms with Gasteiger partial charge in [0, 0.05) is 37.3 Å². The van der Waals surface area contributed by atoms with Gasteiger partial charge in [-0.2, -0.15) is 0 Å². The van der Waals surface area contributed by atoms with Crippen LogP contribution in [0.15, 0.2) is 45.3 Å². The van der Waals surface area contributed by atoms with Gasteiger partial charge in [-0.05, 0) is 56.1 Å². The van der Waals surface area contributed by atoms with Gasteiger partial charge in [0.05, 0.1) is 45.0 Å². The first-order valence-electron chi connectivity index (χ1n) is 10.0. The summed E-state index contributed by atoms with van der Waals surface area (Å²) in [6.07, 6.45) is 4.64. The van der Waals surface area contributed by atoms with Crippen LogP contribution in [0.5, 0.6) is 0 Å². The third kappa shape index (κ3) is 9.24. The minimum absolute atomic E-state index is 0.0945. The van der Waals surface area contributed by atoms with Gasteiger partial charge in [0.2, 0.25) is 0 Å². The summed E-state index contributed by atoms with van der Waals surface area (Å²) in [5, 5.41) is 20.8. The zero-order chi connectivity index (χ0) is 24.2. The molecule has 2 saturated heterocycles. The van der Waals surface area contributed by atoms with Crippen molar-refractivity contribution in [2.75, 3.05) is 44.4 Å². The lowest BCUT2D eigenvalue weighted by molar-refractivity contribution is -0.385. The van der Waals surface area contributed by atoms with E-state index in [9.17, 15) is 24.6 Å². The van der Waals surface area contributed by atoms with E-state index in [1.165, 1.54) is 18.9 Å². The highest BCUT2D eigenvalue weighted by molar-refractivity contribution is 9.11. The zero-order valence-electron chi connectivity index (χ0n) is 17.6. The number of benzene rings is 2. The summed E-state index contributed by atoms with van der Waals surface area (Å²) in [4.78, 5) is 22.0. The summed E-state index contributed by atoms with van der Waals surface area (Å²) in [5.74, 6) is -0.498. The third-order valence-electron chi connectivity index (χ3n) is 4.54. The molecule has 0 aromatic heterocycles. The lowest BCUT2D eigenvalue weighted by atomic mass is 10.2. The van der Waals surface area contributed by atoms with Crippen molar-refractivity contribution in [3.63, 3.8) is 0 Å². The first kappa shape index (κ1) is 27.0. The first-order chi connectivity index (χ1) is 15.8. The highest BCUT2D eigenvalue weighted by Gasteiger charge is 2.16. The number of nitro benzene ring substituents is 2. The van der Waals surface area contributed by atoms with Gasteiger partial charge in [0.1, 0.15) is 12.2 Å². The molecule has 0 amide bonds. The molecule has 0 aliphatic carbocycles. The molecule has 33 heavy (non-hydrogen) atoms. The maximum atomic E-state index is 12.4. The second kappa shape index (κ2) is 14.1. The fourth-order valence-corrected chi connectivity index (χ4v) is 3.88. The molecule has 0 unspecified atom stereocenters. The molecule has 0 spiro atoms. The average Bonchev–Trinajstić information content (AvgIpc) is 2.81. The number of nitro groups is 2. The SMILES string of the molecule is O=[N+]([O-])c1ccc(F)cc1Br.O=[N+]([O-])c1ccc(N2CCOCC2)cc1Br.[CH+]1CCCOC1. The Hall–Kier alpha value is -2.28. The van der Waals surface area contributed by atoms with E-state index in [-0.39, 0.29) is 15.8 Å². The van der Waals surface area contributed by atoms with Gasteiger partial charge in [-0.3, -0.25) is 20.2 Å². The molecule has 9 nitrogen and oxygen atoms in total. The molecule has 0 bridgehead atoms. The molecule has 2 aromatic carbocycles. The number of anilines is 1. The maximum absolute atomic E-state index is 12.4. The molecule has 0 atom stereocenters. The quantitative estimate of drug-likeness (QED) is 0.256. The largest absolute Gasteiger partial charge is 0.378 e. The van der Waals surface area contributed by atoms with Crippen molar-refractivity contribution in [1.82, 2.24) is 0 Å². The van der Waals surface area contributed by atoms with Crippen molar-refractivity contribution < 1.29 is 23.7 Å². The van der Waals surface area contributed by atoms with Crippen LogP contribution in [0, 0.1) is 32.5 Å². The van der Waals surface area contributed by atoms with Crippen LogP contribution in [0.1, 0.15) is 12.8 Å². The summed E-state index contributed by atoms with van der Waals surface area (Å²) in [6.45, 7) is 4.90. The van der Waals surface area contributed by atoms with E-state index < -0.39 is 15.7 Å². The molecule has 2 aliphatic heterocycles. The van der Waals surface area contributed by atoms with Crippen LogP contribution in [-0.2, 0) is 9.47 Å². The van der Waals surface area contributed by atoms with Gasteiger partial charge in [0.25, 0.3) is 11.4 Å². The molecule has 12 heteroatoms. The van der Waals surface area contributed by atoms with Crippen LogP contribution in [0.25, 0.3) is 0 Å². The molecule has 2 aliphatic rings. The van der Waals surface area contributed by atoms with Crippen LogP contribution < -0.4 is 4.90 Å². The van der Waals surface area contributed by atoms with Crippen molar-refractivity contribution in [2.24, 2.45) is 0 Å². The van der Waals surface area contributed by atoms with E-state index in [2.05, 4.69) is 43.2 Å². The van der Waals surface area contributed by atoms with Gasteiger partial charge in [-0.15, -0.1) is 0 Å². The minimum atomic E-state index is -0.580. The lowest BCUT2D eigenvalue weighted by Gasteiger charge is -2.28. The predicted octanol–water partition coefficient (Wildman–Crippen LogP) is 5.69. The second-order valence-electron chi connectivity index (χ2n) is 6.85. The van der Waals surface area contributed by atoms with Crippen LogP contribution in [0.4, 0.5) is 21.5 Å². The Morgan fingerprint density at radius 2 is 1.52 bits per heavy atom. The van der Waals surface area contributed by atoms with E-state index in [0.29, 0.717) is 17.7 Å². The summed E-state index contributed by atoms with van der Waals surface area (Å²) in [6, 6.07) is 8.28. The number of morpholine rings is 1. The molecule has 0 saturated carbocycles. The second-order valence-corrected chi connectivity index (χ2v) is 8.56. The van der Waals surface area contributed by atoms with Crippen molar-refractivity contribution in [1.29, 1.82) is 0 Å². The molecule has 0 N–H and O–H groups in total. The monoisotopic (exact) mass is 590 g/mol. The molecular weight excluding hydrogens is 569 g/mol. The molecule has 178 valence electrons. The van der Waals surface area contributed by atoms with Crippen LogP contribution in [0.3, 0.4) is 0 Å². The highest BCUT2D eigenvalue weighted by atomic mass is 79.9. The van der Waals surface area contributed by atoms with Crippen molar-refractivity contribution in [2.45, 2.75) is 12.8 Å². The number of hydrogen-bond acceptors (Lipinski definition) is 7. The molecular formula is C21H23Br2FN3O6+. The van der Waals surface area contributed by atoms with Gasteiger partial charge in [0.15, 0.2) is 6.61 Å². The fraction of sp³-hybridized carbons (Fsp3) is 0.381. The van der Waals surface area contributed by atoms with Crippen LogP contribution >= 0.6 is 31.9 Å². The summed E-state index contributed by atoms with van der Waals surface area (Å²) in [5.41, 5.74) is 0.948. The summed E-state index contributed by atoms with van der Waals surface area (Å²) in [7, 11) is 0. The maximum Gasteiger partial charge on any atom is 0.283 e. The number of halogens is 3. The lowest BCUT2D eigenvalue weighted by Crippen LogP contribution is -2.36. The average molecular weight is 592 g/mol. The molecule has 0 radical (unpaired) electrons. The van der Waals surface area contributed by atoms with E-state index >= 15 is 0 Å². The first-order valence-corrected chi connectivity index (χ1v) is 11.6. The minimum Gasteiger partial charge on any atom is -0.378 e. The summed E-state index contributed by atoms with van der Waals surface area (Å²) >= 11 is 6.08. The van der Waals surface area contributed by atoms with Crippen molar-refractivity contribution in [3.05, 3.63) is 77.8 Å². The standard InChI is InChI=1S/C10H11BrN2O3.C6H3BrFNO2.C5H9O/c11-9-7-8(1-2-10(9)13(14)15)12-3-5-16-6-4-12;7-5-3-4(8)1-2-6(5)9(10)11;1-2-4-6-5-3-1/h1-2,7H,3-6H2;1-3H;2H,1,3-5H2/q;;+1. The highest BCUT2D eigenvalue weighted by Crippen LogP contribution is 2.29. The van der Waals surface area contributed by atoms with Crippen LogP contribution in [-0.4, -0.2) is 49.4 Å². The normalized spacial score (nSPS) is 15.2. The number of hydrogen-bond donors (Lipinski definition) is 0. The fourth-order valence-electron chi connectivity index (χ4n) is 2.87. The van der Waals surface area contributed by atoms with Gasteiger partial charge in [-0.25, -0.2) is 4.39 Å². The van der Waals surface area contributed by atoms with E-state index in [1.807, 2.05) is 0 Å². The Balaban J connectivity index is 0.000000195. The number of ether oxygens (including phenoxy) is 2. The van der Waals surface area contributed by atoms with Crippen molar-refractivity contribution >= 4 is 48.9 Å². The zero-order valence-corrected chi connectivity index (χ0v) is 20.8. The Morgan fingerprint density at radius 1 is 0.909 bits per heavy atom. The Labute approximate surface area is 207 Å². The van der Waals surface area contributed by atoms with Gasteiger partial charge < -0.3 is 14.4 Å². The van der Waals surface area contributed by atoms with E-state index in [4.69, 9.17) is 9.47 Å². The van der Waals surface area contributed by atoms with E-state index in [1.54, 1.807) is 12.1 Å². The van der Waals surface area contributed by atoms with Gasteiger partial charge >= 0.3 is 0 Å². The molecule has 2 heterocycles.